The third kappa shape index (κ3) is 3.12. The minimum atomic E-state index is -4.77. The van der Waals surface area contributed by atoms with E-state index in [0.29, 0.717) is 6.54 Å². The second-order valence-electron chi connectivity index (χ2n) is 2.95. The highest BCUT2D eigenvalue weighted by molar-refractivity contribution is 6.57. The molecule has 0 aliphatic rings. The number of nitrogens with zero attached hydrogens (tertiary/aromatic N) is 2. The smallest absolute Gasteiger partial charge is 0.449 e. The van der Waals surface area contributed by atoms with Crippen molar-refractivity contribution in [3.63, 3.8) is 0 Å². The fourth-order valence-corrected chi connectivity index (χ4v) is 1.18. The summed E-state index contributed by atoms with van der Waals surface area (Å²) in [5, 5.41) is 0. The van der Waals surface area contributed by atoms with E-state index < -0.39 is 13.3 Å². The van der Waals surface area contributed by atoms with Crippen LogP contribution >= 0.6 is 0 Å². The highest BCUT2D eigenvalue weighted by Gasteiger charge is 2.25. The molecule has 0 spiro atoms. The number of hydrogen-bond acceptors (Lipinski definition) is 1. The minimum Gasteiger partial charge on any atom is -0.449 e. The molecular weight excluding hydrogens is 180 g/mol. The Kier molecular flexibility index (Phi) is 3.00. The first kappa shape index (κ1) is 10.1. The molecule has 1 rings (SSSR count). The summed E-state index contributed by atoms with van der Waals surface area (Å²) in [4.78, 5) is 3.68. The Morgan fingerprint density at radius 3 is 2.69 bits per heavy atom. The molecule has 0 aliphatic carbocycles. The van der Waals surface area contributed by atoms with Crippen LogP contribution in [0.3, 0.4) is 0 Å². The molecule has 0 saturated heterocycles. The van der Waals surface area contributed by atoms with Gasteiger partial charge in [0.1, 0.15) is 0 Å². The Labute approximate surface area is 74.8 Å². The van der Waals surface area contributed by atoms with E-state index in [-0.39, 0.29) is 5.82 Å². The second-order valence-corrected chi connectivity index (χ2v) is 2.95. The van der Waals surface area contributed by atoms with Crippen LogP contribution < -0.4 is 0 Å². The summed E-state index contributed by atoms with van der Waals surface area (Å²) < 4.78 is 37.7. The molecule has 1 aromatic heterocycles. The van der Waals surface area contributed by atoms with Crippen LogP contribution in [0.25, 0.3) is 0 Å². The van der Waals surface area contributed by atoms with Gasteiger partial charge >= 0.3 is 6.98 Å². The van der Waals surface area contributed by atoms with E-state index >= 15 is 0 Å². The molecule has 0 N–H and O–H groups in total. The number of aryl methyl sites for hydroxylation is 1. The molecule has 2 nitrogen and oxygen atoms in total. The topological polar surface area (TPSA) is 17.8 Å². The van der Waals surface area contributed by atoms with Crippen LogP contribution in [-0.2, 0) is 12.9 Å². The summed E-state index contributed by atoms with van der Waals surface area (Å²) in [5.41, 5.74) is 0. The van der Waals surface area contributed by atoms with Crippen LogP contribution in [0.4, 0.5) is 12.9 Å². The van der Waals surface area contributed by atoms with Crippen LogP contribution in [0.2, 0.25) is 0 Å². The van der Waals surface area contributed by atoms with Gasteiger partial charge in [0.15, 0.2) is 0 Å². The van der Waals surface area contributed by atoms with Gasteiger partial charge in [0, 0.05) is 18.9 Å². The number of hydrogen-bond donors (Lipinski definition) is 0. The third-order valence-corrected chi connectivity index (χ3v) is 1.68. The van der Waals surface area contributed by atoms with Crippen LogP contribution in [-0.4, -0.2) is 16.5 Å². The molecular formula is C7H11BF3N2-. The number of rotatable bonds is 4. The molecule has 6 heteroatoms. The van der Waals surface area contributed by atoms with Gasteiger partial charge < -0.3 is 17.5 Å². The maximum atomic E-state index is 12.0. The van der Waals surface area contributed by atoms with E-state index in [2.05, 4.69) is 4.98 Å². The van der Waals surface area contributed by atoms with Crippen LogP contribution in [0.15, 0.2) is 12.4 Å². The highest BCUT2D eigenvalue weighted by atomic mass is 19.4. The fourth-order valence-electron chi connectivity index (χ4n) is 1.18. The lowest BCUT2D eigenvalue weighted by molar-refractivity contribution is 0.461. The summed E-state index contributed by atoms with van der Waals surface area (Å²) in [5.74, 6) is 0.120. The first-order valence-corrected chi connectivity index (χ1v) is 4.24. The highest BCUT2D eigenvalue weighted by Crippen LogP contribution is 2.15. The second kappa shape index (κ2) is 3.85. The largest absolute Gasteiger partial charge is 0.485 e. The molecule has 0 bridgehead atoms. The molecule has 0 unspecified atom stereocenters. The van der Waals surface area contributed by atoms with Gasteiger partial charge in [0.25, 0.3) is 0 Å². The lowest BCUT2D eigenvalue weighted by Crippen LogP contribution is -2.22. The van der Waals surface area contributed by atoms with Crippen molar-refractivity contribution in [3.8, 4) is 0 Å². The van der Waals surface area contributed by atoms with Crippen LogP contribution in [0.1, 0.15) is 19.2 Å². The molecule has 0 fully saturated rings. The molecule has 1 heterocycles. The summed E-state index contributed by atoms with van der Waals surface area (Å²) >= 11 is 0. The van der Waals surface area contributed by atoms with E-state index in [9.17, 15) is 12.9 Å². The maximum absolute atomic E-state index is 12.0. The van der Waals surface area contributed by atoms with Crippen molar-refractivity contribution in [2.75, 3.05) is 0 Å². The first-order chi connectivity index (χ1) is 6.03. The molecule has 0 atom stereocenters. The van der Waals surface area contributed by atoms with Crippen molar-refractivity contribution in [1.82, 2.24) is 9.55 Å². The molecule has 0 radical (unpaired) electrons. The maximum Gasteiger partial charge on any atom is 0.485 e. The quantitative estimate of drug-likeness (QED) is 0.667. The van der Waals surface area contributed by atoms with Crippen molar-refractivity contribution in [2.24, 2.45) is 0 Å². The minimum absolute atomic E-state index is 0.120. The van der Waals surface area contributed by atoms with E-state index in [4.69, 9.17) is 0 Å². The summed E-state index contributed by atoms with van der Waals surface area (Å²) in [6.07, 6.45) is 2.93. The molecule has 74 valence electrons. The molecule has 0 aliphatic heterocycles. The number of halogens is 3. The Hall–Kier alpha value is -0.935. The van der Waals surface area contributed by atoms with Gasteiger partial charge in [-0.25, -0.2) is 4.98 Å². The van der Waals surface area contributed by atoms with Crippen LogP contribution in [0.5, 0.6) is 0 Å². The Balaban J connectivity index is 2.70. The van der Waals surface area contributed by atoms with Gasteiger partial charge in [-0.3, -0.25) is 0 Å². The molecule has 0 amide bonds. The zero-order valence-electron chi connectivity index (χ0n) is 7.38. The van der Waals surface area contributed by atoms with Crippen molar-refractivity contribution >= 4 is 6.98 Å². The van der Waals surface area contributed by atoms with Crippen molar-refractivity contribution in [3.05, 3.63) is 18.2 Å². The van der Waals surface area contributed by atoms with Gasteiger partial charge in [0.05, 0.1) is 5.82 Å². The van der Waals surface area contributed by atoms with E-state index in [1.807, 2.05) is 6.92 Å². The first-order valence-electron chi connectivity index (χ1n) is 4.24. The molecule has 13 heavy (non-hydrogen) atoms. The molecule has 0 aromatic carbocycles. The lowest BCUT2D eigenvalue weighted by atomic mass is 9.86. The van der Waals surface area contributed by atoms with Gasteiger partial charge in [0.2, 0.25) is 0 Å². The average Bonchev–Trinajstić information content (AvgIpc) is 2.34. The Bertz CT molecular complexity index is 269. The normalized spacial score (nSPS) is 12.0. The van der Waals surface area contributed by atoms with Gasteiger partial charge in [-0.1, -0.05) is 6.92 Å². The van der Waals surface area contributed by atoms with Gasteiger partial charge in [-0.05, 0) is 12.7 Å². The standard InChI is InChI=1S/C7H11BF3N2/c1-2-4-13-5-3-12-7(13)6-8(9,10)11/h3,5H,2,4,6H2,1H3/q-1. The van der Waals surface area contributed by atoms with E-state index in [1.165, 1.54) is 6.20 Å². The van der Waals surface area contributed by atoms with E-state index in [1.54, 1.807) is 10.8 Å². The summed E-state index contributed by atoms with van der Waals surface area (Å²) in [7, 11) is 0. The average molecular weight is 191 g/mol. The van der Waals surface area contributed by atoms with Crippen molar-refractivity contribution < 1.29 is 12.9 Å². The zero-order chi connectivity index (χ0) is 9.90. The predicted octanol–water partition coefficient (Wildman–Crippen LogP) is 2.22. The van der Waals surface area contributed by atoms with Gasteiger partial charge in [-0.15, -0.1) is 0 Å². The third-order valence-electron chi connectivity index (χ3n) is 1.68. The summed E-state index contributed by atoms with van der Waals surface area (Å²) in [6, 6.07) is 0. The predicted molar refractivity (Wildman–Crippen MR) is 45.3 cm³/mol. The number of imidazole rings is 1. The van der Waals surface area contributed by atoms with Crippen molar-refractivity contribution in [2.45, 2.75) is 26.2 Å². The van der Waals surface area contributed by atoms with Crippen LogP contribution in [0, 0.1) is 0 Å². The Morgan fingerprint density at radius 2 is 2.15 bits per heavy atom. The monoisotopic (exact) mass is 191 g/mol. The zero-order valence-corrected chi connectivity index (χ0v) is 7.38. The van der Waals surface area contributed by atoms with Crippen molar-refractivity contribution in [1.29, 1.82) is 0 Å². The molecule has 0 saturated carbocycles. The fraction of sp³-hybridized carbons (Fsp3) is 0.571. The Morgan fingerprint density at radius 1 is 1.46 bits per heavy atom. The summed E-state index contributed by atoms with van der Waals surface area (Å²) in [6.45, 7) is -2.25. The van der Waals surface area contributed by atoms with Gasteiger partial charge in [-0.2, -0.15) is 0 Å². The van der Waals surface area contributed by atoms with E-state index in [0.717, 1.165) is 6.42 Å². The molecule has 1 aromatic rings. The number of aromatic nitrogens is 2. The lowest BCUT2D eigenvalue weighted by Gasteiger charge is -2.14. The SMILES string of the molecule is CCCn1ccnc1C[B-](F)(F)F.